The molecule has 0 aliphatic heterocycles. The number of alkyl halides is 3. The Labute approximate surface area is 120 Å². The molecular weight excluding hydrogens is 289 g/mol. The van der Waals surface area contributed by atoms with Crippen LogP contribution in [0.2, 0.25) is 0 Å². The van der Waals surface area contributed by atoms with Crippen LogP contribution in [0.5, 0.6) is 0 Å². The van der Waals surface area contributed by atoms with Crippen LogP contribution >= 0.6 is 11.8 Å². The van der Waals surface area contributed by atoms with E-state index in [2.05, 4.69) is 12.1 Å². The highest BCUT2D eigenvalue weighted by atomic mass is 32.2. The molecule has 0 aliphatic carbocycles. The Balaban J connectivity index is 2.97. The largest absolute Gasteiger partial charge is 0.417 e. The molecule has 1 aromatic rings. The molecule has 0 aliphatic rings. The summed E-state index contributed by atoms with van der Waals surface area (Å²) in [5.41, 5.74) is 4.14. The van der Waals surface area contributed by atoms with E-state index in [0.29, 0.717) is 4.90 Å². The number of thioether (sulfide) groups is 1. The van der Waals surface area contributed by atoms with Crippen LogP contribution in [0.1, 0.15) is 37.3 Å². The first-order chi connectivity index (χ1) is 9.40. The van der Waals surface area contributed by atoms with E-state index in [1.807, 2.05) is 0 Å². The lowest BCUT2D eigenvalue weighted by molar-refractivity contribution is -0.137. The van der Waals surface area contributed by atoms with Crippen molar-refractivity contribution in [2.24, 2.45) is 10.9 Å². The van der Waals surface area contributed by atoms with Crippen LogP contribution in [-0.4, -0.2) is 16.8 Å². The van der Waals surface area contributed by atoms with Gasteiger partial charge >= 0.3 is 6.18 Å². The van der Waals surface area contributed by atoms with Crippen molar-refractivity contribution in [1.29, 1.82) is 0 Å². The number of halogens is 3. The lowest BCUT2D eigenvalue weighted by Gasteiger charge is -2.13. The Morgan fingerprint density at radius 3 is 2.60 bits per heavy atom. The molecule has 3 nitrogen and oxygen atoms in total. The van der Waals surface area contributed by atoms with Gasteiger partial charge in [0.15, 0.2) is 5.84 Å². The number of hydrogen-bond donors (Lipinski definition) is 2. The summed E-state index contributed by atoms with van der Waals surface area (Å²) < 4.78 is 38.5. The maximum Gasteiger partial charge on any atom is 0.417 e. The molecule has 0 atom stereocenters. The summed E-state index contributed by atoms with van der Waals surface area (Å²) >= 11 is 1.46. The van der Waals surface area contributed by atoms with Gasteiger partial charge in [0, 0.05) is 10.5 Å². The minimum Gasteiger partial charge on any atom is -0.409 e. The van der Waals surface area contributed by atoms with Gasteiger partial charge in [0.05, 0.1) is 5.56 Å². The molecule has 0 unspecified atom stereocenters. The van der Waals surface area contributed by atoms with Gasteiger partial charge in [-0.1, -0.05) is 24.9 Å². The van der Waals surface area contributed by atoms with Crippen molar-refractivity contribution in [3.63, 3.8) is 0 Å². The Morgan fingerprint density at radius 2 is 2.05 bits per heavy atom. The van der Waals surface area contributed by atoms with Crippen LogP contribution in [0.3, 0.4) is 0 Å². The van der Waals surface area contributed by atoms with Crippen LogP contribution in [0.25, 0.3) is 0 Å². The molecule has 0 fully saturated rings. The fourth-order valence-corrected chi connectivity index (χ4v) is 2.62. The quantitative estimate of drug-likeness (QED) is 0.208. The Bertz CT molecular complexity index is 475. The maximum atomic E-state index is 12.8. The highest BCUT2D eigenvalue weighted by Crippen LogP contribution is 2.34. The molecular formula is C13H17F3N2OS. The van der Waals surface area contributed by atoms with E-state index in [0.717, 1.165) is 31.1 Å². The van der Waals surface area contributed by atoms with Crippen molar-refractivity contribution >= 4 is 17.6 Å². The summed E-state index contributed by atoms with van der Waals surface area (Å²) in [4.78, 5) is 0.677. The van der Waals surface area contributed by atoms with Crippen LogP contribution in [-0.2, 0) is 6.18 Å². The zero-order valence-electron chi connectivity index (χ0n) is 11.1. The second-order valence-electron chi connectivity index (χ2n) is 4.25. The van der Waals surface area contributed by atoms with E-state index in [1.165, 1.54) is 23.9 Å². The second-order valence-corrected chi connectivity index (χ2v) is 5.41. The van der Waals surface area contributed by atoms with Gasteiger partial charge in [-0.15, -0.1) is 11.8 Å². The van der Waals surface area contributed by atoms with Crippen LogP contribution in [0, 0.1) is 0 Å². The average Bonchev–Trinajstić information content (AvgIpc) is 2.41. The first-order valence-electron chi connectivity index (χ1n) is 6.22. The third kappa shape index (κ3) is 4.63. The second kappa shape index (κ2) is 7.42. The topological polar surface area (TPSA) is 58.6 Å². The SMILES string of the molecule is CCCCCSc1ccc(C(F)(F)F)c(/C(N)=N/O)c1. The molecule has 1 rings (SSSR count). The number of amidine groups is 1. The lowest BCUT2D eigenvalue weighted by Crippen LogP contribution is -2.20. The third-order valence-electron chi connectivity index (χ3n) is 2.70. The van der Waals surface area contributed by atoms with Gasteiger partial charge in [0.25, 0.3) is 0 Å². The fraction of sp³-hybridized carbons (Fsp3) is 0.462. The Morgan fingerprint density at radius 1 is 1.35 bits per heavy atom. The molecule has 3 N–H and O–H groups in total. The van der Waals surface area contributed by atoms with E-state index in [4.69, 9.17) is 10.9 Å². The van der Waals surface area contributed by atoms with Crippen LogP contribution in [0.15, 0.2) is 28.3 Å². The maximum absolute atomic E-state index is 12.8. The zero-order valence-corrected chi connectivity index (χ0v) is 11.9. The van der Waals surface area contributed by atoms with E-state index in [-0.39, 0.29) is 5.56 Å². The highest BCUT2D eigenvalue weighted by molar-refractivity contribution is 7.99. The summed E-state index contributed by atoms with van der Waals surface area (Å²) in [5, 5.41) is 11.3. The predicted octanol–water partition coefficient (Wildman–Crippen LogP) is 4.08. The molecule has 1 aromatic carbocycles. The van der Waals surface area contributed by atoms with Crippen LogP contribution < -0.4 is 5.73 Å². The molecule has 112 valence electrons. The van der Waals surface area contributed by atoms with E-state index in [1.54, 1.807) is 0 Å². The number of oxime groups is 1. The van der Waals surface area contributed by atoms with E-state index >= 15 is 0 Å². The van der Waals surface area contributed by atoms with Gasteiger partial charge in [0.1, 0.15) is 0 Å². The summed E-state index contributed by atoms with van der Waals surface area (Å²) in [6.07, 6.45) is -1.36. The van der Waals surface area contributed by atoms with Crippen molar-refractivity contribution in [2.75, 3.05) is 5.75 Å². The van der Waals surface area contributed by atoms with Gasteiger partial charge in [0.2, 0.25) is 0 Å². The first-order valence-corrected chi connectivity index (χ1v) is 7.20. The minimum atomic E-state index is -4.53. The fourth-order valence-electron chi connectivity index (χ4n) is 1.67. The van der Waals surface area contributed by atoms with Gasteiger partial charge in [-0.25, -0.2) is 0 Å². The summed E-state index contributed by atoms with van der Waals surface area (Å²) in [5.74, 6) is 0.294. The minimum absolute atomic E-state index is 0.291. The molecule has 20 heavy (non-hydrogen) atoms. The molecule has 0 saturated carbocycles. The standard InChI is InChI=1S/C13H17F3N2OS/c1-2-3-4-7-20-9-5-6-11(13(14,15)16)10(8-9)12(17)18-19/h5-6,8,19H,2-4,7H2,1H3,(H2,17,18). The van der Waals surface area contributed by atoms with Crippen molar-refractivity contribution < 1.29 is 18.4 Å². The van der Waals surface area contributed by atoms with Crippen molar-refractivity contribution in [1.82, 2.24) is 0 Å². The smallest absolute Gasteiger partial charge is 0.409 e. The number of nitrogens with two attached hydrogens (primary N) is 1. The van der Waals surface area contributed by atoms with E-state index in [9.17, 15) is 13.2 Å². The number of rotatable bonds is 6. The predicted molar refractivity (Wildman–Crippen MR) is 74.2 cm³/mol. The van der Waals surface area contributed by atoms with Crippen molar-refractivity contribution in [2.45, 2.75) is 37.3 Å². The number of unbranched alkanes of at least 4 members (excludes halogenated alkanes) is 2. The number of benzene rings is 1. The normalized spacial score (nSPS) is 12.7. The first kappa shape index (κ1) is 16.7. The molecule has 0 radical (unpaired) electrons. The van der Waals surface area contributed by atoms with E-state index < -0.39 is 17.6 Å². The zero-order chi connectivity index (χ0) is 15.2. The molecule has 0 amide bonds. The van der Waals surface area contributed by atoms with Crippen molar-refractivity contribution in [3.8, 4) is 0 Å². The van der Waals surface area contributed by atoms with Crippen molar-refractivity contribution in [3.05, 3.63) is 29.3 Å². The summed E-state index contributed by atoms with van der Waals surface area (Å²) in [7, 11) is 0. The highest BCUT2D eigenvalue weighted by Gasteiger charge is 2.34. The molecule has 0 saturated heterocycles. The number of hydrogen-bond acceptors (Lipinski definition) is 3. The molecule has 0 aromatic heterocycles. The Kier molecular flexibility index (Phi) is 6.19. The van der Waals surface area contributed by atoms with Gasteiger partial charge in [-0.3, -0.25) is 0 Å². The summed E-state index contributed by atoms with van der Waals surface area (Å²) in [6, 6.07) is 3.69. The molecule has 7 heteroatoms. The third-order valence-corrected chi connectivity index (χ3v) is 3.78. The molecule has 0 heterocycles. The summed E-state index contributed by atoms with van der Waals surface area (Å²) in [6.45, 7) is 2.08. The number of nitrogens with zero attached hydrogens (tertiary/aromatic N) is 1. The lowest BCUT2D eigenvalue weighted by atomic mass is 10.1. The van der Waals surface area contributed by atoms with Gasteiger partial charge in [-0.05, 0) is 30.4 Å². The average molecular weight is 306 g/mol. The monoisotopic (exact) mass is 306 g/mol. The van der Waals surface area contributed by atoms with Gasteiger partial charge < -0.3 is 10.9 Å². The molecule has 0 bridgehead atoms. The van der Waals surface area contributed by atoms with Gasteiger partial charge in [-0.2, -0.15) is 13.2 Å². The molecule has 0 spiro atoms. The van der Waals surface area contributed by atoms with Crippen LogP contribution in [0.4, 0.5) is 13.2 Å². The Hall–Kier alpha value is -1.37.